The van der Waals surface area contributed by atoms with Gasteiger partial charge in [-0.1, -0.05) is 41.4 Å². The Morgan fingerprint density at radius 3 is 2.55 bits per heavy atom. The molecular weight excluding hydrogens is 365 g/mol. The molecule has 0 aromatic heterocycles. The molecule has 0 aliphatic carbocycles. The first-order valence-corrected chi connectivity index (χ1v) is 7.24. The molecule has 0 saturated carbocycles. The first-order chi connectivity index (χ1) is 9.50. The molecule has 2 rings (SSSR count). The third-order valence-corrected chi connectivity index (χ3v) is 4.52. The van der Waals surface area contributed by atoms with Crippen molar-refractivity contribution in [2.24, 2.45) is 0 Å². The molecule has 20 heavy (non-hydrogen) atoms. The van der Waals surface area contributed by atoms with Gasteiger partial charge in [-0.3, -0.25) is 0 Å². The van der Waals surface area contributed by atoms with Gasteiger partial charge in [0, 0.05) is 11.0 Å². The first kappa shape index (κ1) is 15.2. The van der Waals surface area contributed by atoms with Crippen molar-refractivity contribution in [2.75, 3.05) is 5.32 Å². The van der Waals surface area contributed by atoms with Crippen molar-refractivity contribution >= 4 is 50.8 Å². The topological polar surface area (TPSA) is 49.3 Å². The maximum absolute atomic E-state index is 11.1. The standard InChI is InChI=1S/C14H10BrCl2NO2/c15-10-5-6-11(13(17)12(10)16)18-7-8-3-1-2-4-9(8)14(19)20/h1-6,18H,7H2,(H,19,20). The van der Waals surface area contributed by atoms with Crippen molar-refractivity contribution < 1.29 is 9.90 Å². The van der Waals surface area contributed by atoms with Crippen LogP contribution in [0.25, 0.3) is 0 Å². The molecule has 6 heteroatoms. The average molecular weight is 375 g/mol. The fourth-order valence-corrected chi connectivity index (χ4v) is 2.58. The quantitative estimate of drug-likeness (QED) is 0.734. The van der Waals surface area contributed by atoms with E-state index in [1.807, 2.05) is 0 Å². The van der Waals surface area contributed by atoms with E-state index in [-0.39, 0.29) is 5.56 Å². The van der Waals surface area contributed by atoms with E-state index in [1.165, 1.54) is 0 Å². The van der Waals surface area contributed by atoms with E-state index in [0.29, 0.717) is 32.3 Å². The molecule has 0 atom stereocenters. The second-order valence-electron chi connectivity index (χ2n) is 4.04. The lowest BCUT2D eigenvalue weighted by Crippen LogP contribution is -2.07. The van der Waals surface area contributed by atoms with Gasteiger partial charge in [0.15, 0.2) is 0 Å². The summed E-state index contributed by atoms with van der Waals surface area (Å²) < 4.78 is 0.709. The number of rotatable bonds is 4. The summed E-state index contributed by atoms with van der Waals surface area (Å²) in [5.41, 5.74) is 1.59. The molecule has 2 N–H and O–H groups in total. The molecule has 3 nitrogen and oxygen atoms in total. The van der Waals surface area contributed by atoms with E-state index >= 15 is 0 Å². The lowest BCUT2D eigenvalue weighted by atomic mass is 10.1. The Morgan fingerprint density at radius 2 is 1.85 bits per heavy atom. The van der Waals surface area contributed by atoms with Gasteiger partial charge in [0.2, 0.25) is 0 Å². The molecule has 0 spiro atoms. The van der Waals surface area contributed by atoms with Gasteiger partial charge < -0.3 is 10.4 Å². The zero-order valence-electron chi connectivity index (χ0n) is 10.2. The minimum atomic E-state index is -0.956. The fourth-order valence-electron chi connectivity index (χ4n) is 1.74. The van der Waals surface area contributed by atoms with Crippen LogP contribution in [0.1, 0.15) is 15.9 Å². The van der Waals surface area contributed by atoms with Crippen LogP contribution in [0, 0.1) is 0 Å². The van der Waals surface area contributed by atoms with Crippen molar-refractivity contribution in [3.8, 4) is 0 Å². The SMILES string of the molecule is O=C(O)c1ccccc1CNc1ccc(Br)c(Cl)c1Cl. The number of carboxylic acids is 1. The Bertz CT molecular complexity index is 662. The predicted molar refractivity (Wildman–Crippen MR) is 84.9 cm³/mol. The molecule has 2 aromatic carbocycles. The third-order valence-electron chi connectivity index (χ3n) is 2.75. The maximum atomic E-state index is 11.1. The number of benzene rings is 2. The zero-order valence-corrected chi connectivity index (χ0v) is 13.3. The summed E-state index contributed by atoms with van der Waals surface area (Å²) in [5.74, 6) is -0.956. The van der Waals surface area contributed by atoms with Crippen LogP contribution in [0.5, 0.6) is 0 Å². The molecule has 2 aromatic rings. The number of nitrogens with one attached hydrogen (secondary N) is 1. The Labute approximate surface area is 134 Å². The molecule has 0 aliphatic rings. The molecule has 0 heterocycles. The Morgan fingerprint density at radius 1 is 1.15 bits per heavy atom. The summed E-state index contributed by atoms with van der Waals surface area (Å²) >= 11 is 15.4. The van der Waals surface area contributed by atoms with E-state index in [2.05, 4.69) is 21.2 Å². The number of aromatic carboxylic acids is 1. The molecule has 0 radical (unpaired) electrons. The van der Waals surface area contributed by atoms with Crippen LogP contribution in [-0.4, -0.2) is 11.1 Å². The zero-order chi connectivity index (χ0) is 14.7. The van der Waals surface area contributed by atoms with Crippen molar-refractivity contribution in [2.45, 2.75) is 6.54 Å². The Balaban J connectivity index is 2.22. The summed E-state index contributed by atoms with van der Waals surface area (Å²) in [6, 6.07) is 10.4. The van der Waals surface area contributed by atoms with Crippen LogP contribution in [0.15, 0.2) is 40.9 Å². The molecule has 0 bridgehead atoms. The van der Waals surface area contributed by atoms with Crippen LogP contribution in [0.2, 0.25) is 10.0 Å². The third kappa shape index (κ3) is 3.26. The Kier molecular flexibility index (Phi) is 4.91. The highest BCUT2D eigenvalue weighted by Crippen LogP contribution is 2.36. The lowest BCUT2D eigenvalue weighted by molar-refractivity contribution is 0.0696. The van der Waals surface area contributed by atoms with Gasteiger partial charge in [-0.15, -0.1) is 0 Å². The van der Waals surface area contributed by atoms with Gasteiger partial charge in [0.1, 0.15) is 0 Å². The number of hydrogen-bond acceptors (Lipinski definition) is 2. The van der Waals surface area contributed by atoms with Crippen molar-refractivity contribution in [3.05, 3.63) is 62.0 Å². The van der Waals surface area contributed by atoms with Crippen molar-refractivity contribution in [1.82, 2.24) is 0 Å². The number of carboxylic acid groups (broad SMARTS) is 1. The van der Waals surface area contributed by atoms with Crippen LogP contribution >= 0.6 is 39.1 Å². The highest BCUT2D eigenvalue weighted by molar-refractivity contribution is 9.10. The summed E-state index contributed by atoms with van der Waals surface area (Å²) in [5, 5.41) is 13.0. The van der Waals surface area contributed by atoms with E-state index < -0.39 is 5.97 Å². The second kappa shape index (κ2) is 6.48. The fraction of sp³-hybridized carbons (Fsp3) is 0.0714. The molecule has 0 amide bonds. The van der Waals surface area contributed by atoms with Crippen LogP contribution in [-0.2, 0) is 6.54 Å². The minimum absolute atomic E-state index is 0.263. The van der Waals surface area contributed by atoms with Gasteiger partial charge in [0.25, 0.3) is 0 Å². The van der Waals surface area contributed by atoms with Crippen LogP contribution in [0.3, 0.4) is 0 Å². The van der Waals surface area contributed by atoms with E-state index in [4.69, 9.17) is 28.3 Å². The smallest absolute Gasteiger partial charge is 0.336 e. The molecule has 0 saturated heterocycles. The normalized spacial score (nSPS) is 10.3. The van der Waals surface area contributed by atoms with E-state index in [9.17, 15) is 4.79 Å². The van der Waals surface area contributed by atoms with E-state index in [0.717, 1.165) is 0 Å². The van der Waals surface area contributed by atoms with Gasteiger partial charge >= 0.3 is 5.97 Å². The predicted octanol–water partition coefficient (Wildman–Crippen LogP) is 5.07. The number of carbonyl (C=O) groups is 1. The second-order valence-corrected chi connectivity index (χ2v) is 5.65. The maximum Gasteiger partial charge on any atom is 0.336 e. The van der Waals surface area contributed by atoms with Crippen LogP contribution in [0.4, 0.5) is 5.69 Å². The summed E-state index contributed by atoms with van der Waals surface area (Å²) in [6.07, 6.45) is 0. The minimum Gasteiger partial charge on any atom is -0.478 e. The van der Waals surface area contributed by atoms with Gasteiger partial charge in [-0.2, -0.15) is 0 Å². The molecule has 104 valence electrons. The van der Waals surface area contributed by atoms with E-state index in [1.54, 1.807) is 36.4 Å². The highest BCUT2D eigenvalue weighted by atomic mass is 79.9. The average Bonchev–Trinajstić information content (AvgIpc) is 2.44. The first-order valence-electron chi connectivity index (χ1n) is 5.69. The van der Waals surface area contributed by atoms with Gasteiger partial charge in [-0.05, 0) is 39.7 Å². The number of anilines is 1. The largest absolute Gasteiger partial charge is 0.478 e. The molecule has 0 unspecified atom stereocenters. The summed E-state index contributed by atoms with van der Waals surface area (Å²) in [4.78, 5) is 11.1. The lowest BCUT2D eigenvalue weighted by Gasteiger charge is -2.12. The molecule has 0 fully saturated rings. The summed E-state index contributed by atoms with van der Waals surface area (Å²) in [6.45, 7) is 0.347. The highest BCUT2D eigenvalue weighted by Gasteiger charge is 2.11. The Hall–Kier alpha value is -1.23. The monoisotopic (exact) mass is 373 g/mol. The molecule has 0 aliphatic heterocycles. The number of halogens is 3. The van der Waals surface area contributed by atoms with Crippen molar-refractivity contribution in [1.29, 1.82) is 0 Å². The number of hydrogen-bond donors (Lipinski definition) is 2. The van der Waals surface area contributed by atoms with Gasteiger partial charge in [0.05, 0.1) is 21.3 Å². The summed E-state index contributed by atoms with van der Waals surface area (Å²) in [7, 11) is 0. The molecular formula is C14H10BrCl2NO2. The van der Waals surface area contributed by atoms with Crippen molar-refractivity contribution in [3.63, 3.8) is 0 Å². The van der Waals surface area contributed by atoms with Gasteiger partial charge in [-0.25, -0.2) is 4.79 Å². The van der Waals surface area contributed by atoms with Crippen LogP contribution < -0.4 is 5.32 Å².